The van der Waals surface area contributed by atoms with Gasteiger partial charge in [0.15, 0.2) is 0 Å². The molecule has 0 saturated heterocycles. The highest BCUT2D eigenvalue weighted by Gasteiger charge is 2.10. The quantitative estimate of drug-likeness (QED) is 0.717. The van der Waals surface area contributed by atoms with Gasteiger partial charge >= 0.3 is 5.97 Å². The summed E-state index contributed by atoms with van der Waals surface area (Å²) in [7, 11) is 0. The van der Waals surface area contributed by atoms with Crippen LogP contribution in [-0.2, 0) is 5.75 Å². The zero-order valence-corrected chi connectivity index (χ0v) is 10.9. The van der Waals surface area contributed by atoms with Crippen LogP contribution in [0, 0.1) is 5.82 Å². The van der Waals surface area contributed by atoms with Crippen molar-refractivity contribution in [2.45, 2.75) is 10.6 Å². The molecule has 0 unspecified atom stereocenters. The third-order valence-corrected chi connectivity index (χ3v) is 3.28. The van der Waals surface area contributed by atoms with Crippen molar-refractivity contribution >= 4 is 29.6 Å². The number of aromatic carboxylic acids is 1. The lowest BCUT2D eigenvalue weighted by Crippen LogP contribution is -2.06. The molecule has 0 bridgehead atoms. The predicted octanol–water partition coefficient (Wildman–Crippen LogP) is 1.17. The Morgan fingerprint density at radius 1 is 1.25 bits per heavy atom. The Morgan fingerprint density at radius 3 is 2.50 bits per heavy atom. The van der Waals surface area contributed by atoms with E-state index in [2.05, 4.69) is 15.0 Å². The number of aromatic nitrogens is 3. The average molecular weight is 295 g/mol. The minimum atomic E-state index is -1.12. The van der Waals surface area contributed by atoms with Gasteiger partial charge in [0.05, 0.1) is 11.3 Å². The first-order chi connectivity index (χ1) is 9.45. The SMILES string of the molecule is Nc1nc(N)nc(CSc2cc(C(=O)O)ccc2F)n1. The molecule has 5 N–H and O–H groups in total. The maximum absolute atomic E-state index is 13.6. The summed E-state index contributed by atoms with van der Waals surface area (Å²) in [4.78, 5) is 22.3. The number of nitrogen functional groups attached to an aromatic ring is 2. The molecule has 0 aliphatic carbocycles. The van der Waals surface area contributed by atoms with Crippen LogP contribution in [0.25, 0.3) is 0 Å². The molecule has 1 aromatic carbocycles. The Balaban J connectivity index is 2.18. The van der Waals surface area contributed by atoms with Crippen LogP contribution in [0.15, 0.2) is 23.1 Å². The molecular formula is C11H10FN5O2S. The third kappa shape index (κ3) is 3.32. The van der Waals surface area contributed by atoms with Gasteiger partial charge in [-0.1, -0.05) is 0 Å². The van der Waals surface area contributed by atoms with Crippen LogP contribution in [0.3, 0.4) is 0 Å². The van der Waals surface area contributed by atoms with Crippen LogP contribution >= 0.6 is 11.8 Å². The molecule has 2 rings (SSSR count). The smallest absolute Gasteiger partial charge is 0.335 e. The standard InChI is InChI=1S/C11H10FN5O2S/c12-6-2-1-5(9(18)19)3-7(6)20-4-8-15-10(13)17-11(14)16-8/h1-3H,4H2,(H,18,19)(H4,13,14,15,16,17). The molecule has 20 heavy (non-hydrogen) atoms. The monoisotopic (exact) mass is 295 g/mol. The molecule has 0 atom stereocenters. The number of carbonyl (C=O) groups is 1. The van der Waals surface area contributed by atoms with Gasteiger partial charge < -0.3 is 16.6 Å². The summed E-state index contributed by atoms with van der Waals surface area (Å²) in [5.41, 5.74) is 10.8. The Bertz CT molecular complexity index is 647. The predicted molar refractivity (Wildman–Crippen MR) is 71.6 cm³/mol. The summed E-state index contributed by atoms with van der Waals surface area (Å²) in [6.45, 7) is 0. The second kappa shape index (κ2) is 5.70. The van der Waals surface area contributed by atoms with E-state index in [9.17, 15) is 9.18 Å². The number of hydrogen-bond donors (Lipinski definition) is 3. The molecule has 0 aliphatic heterocycles. The molecule has 7 nitrogen and oxygen atoms in total. The Morgan fingerprint density at radius 2 is 1.90 bits per heavy atom. The molecule has 0 spiro atoms. The number of nitrogens with two attached hydrogens (primary N) is 2. The van der Waals surface area contributed by atoms with Crippen molar-refractivity contribution in [2.24, 2.45) is 0 Å². The average Bonchev–Trinajstić information content (AvgIpc) is 2.36. The highest BCUT2D eigenvalue weighted by atomic mass is 32.2. The van der Waals surface area contributed by atoms with Crippen LogP contribution in [0.4, 0.5) is 16.3 Å². The van der Waals surface area contributed by atoms with Gasteiger partial charge in [-0.3, -0.25) is 0 Å². The number of rotatable bonds is 4. The van der Waals surface area contributed by atoms with Crippen LogP contribution < -0.4 is 11.5 Å². The van der Waals surface area contributed by atoms with E-state index >= 15 is 0 Å². The van der Waals surface area contributed by atoms with Crippen molar-refractivity contribution in [3.05, 3.63) is 35.4 Å². The van der Waals surface area contributed by atoms with E-state index in [0.29, 0.717) is 5.82 Å². The van der Waals surface area contributed by atoms with Crippen LogP contribution in [-0.4, -0.2) is 26.0 Å². The van der Waals surface area contributed by atoms with Crippen molar-refractivity contribution in [1.82, 2.24) is 15.0 Å². The fraction of sp³-hybridized carbons (Fsp3) is 0.0909. The molecule has 1 heterocycles. The molecule has 0 saturated carbocycles. The van der Waals surface area contributed by atoms with E-state index < -0.39 is 11.8 Å². The maximum Gasteiger partial charge on any atom is 0.335 e. The normalized spacial score (nSPS) is 10.4. The molecule has 104 valence electrons. The zero-order valence-electron chi connectivity index (χ0n) is 10.1. The number of anilines is 2. The fourth-order valence-corrected chi connectivity index (χ4v) is 2.24. The molecule has 0 amide bonds. The fourth-order valence-electron chi connectivity index (χ4n) is 1.41. The van der Waals surface area contributed by atoms with Crippen LogP contribution in [0.1, 0.15) is 16.2 Å². The van der Waals surface area contributed by atoms with Gasteiger partial charge in [-0.2, -0.15) is 15.0 Å². The molecular weight excluding hydrogens is 285 g/mol. The second-order valence-electron chi connectivity index (χ2n) is 3.71. The van der Waals surface area contributed by atoms with Crippen LogP contribution in [0.5, 0.6) is 0 Å². The lowest BCUT2D eigenvalue weighted by atomic mass is 10.2. The zero-order chi connectivity index (χ0) is 14.7. The first-order valence-electron chi connectivity index (χ1n) is 5.37. The molecule has 1 aromatic heterocycles. The van der Waals surface area contributed by atoms with Crippen molar-refractivity contribution in [2.75, 3.05) is 11.5 Å². The second-order valence-corrected chi connectivity index (χ2v) is 4.72. The summed E-state index contributed by atoms with van der Waals surface area (Å²) in [5, 5.41) is 8.86. The van der Waals surface area contributed by atoms with E-state index in [4.69, 9.17) is 16.6 Å². The number of carboxylic acids is 1. The number of nitrogens with zero attached hydrogens (tertiary/aromatic N) is 3. The molecule has 2 aromatic rings. The van der Waals surface area contributed by atoms with Crippen molar-refractivity contribution in [3.63, 3.8) is 0 Å². The van der Waals surface area contributed by atoms with Gasteiger partial charge in [0.2, 0.25) is 11.9 Å². The van der Waals surface area contributed by atoms with Gasteiger partial charge in [0.1, 0.15) is 11.6 Å². The molecule has 9 heteroatoms. The van der Waals surface area contributed by atoms with E-state index in [1.165, 1.54) is 12.1 Å². The van der Waals surface area contributed by atoms with E-state index in [0.717, 1.165) is 17.8 Å². The lowest BCUT2D eigenvalue weighted by Gasteiger charge is -2.05. The van der Waals surface area contributed by atoms with E-state index in [1.807, 2.05) is 0 Å². The molecule has 0 fully saturated rings. The number of hydrogen-bond acceptors (Lipinski definition) is 7. The Labute approximate surface area is 117 Å². The number of halogens is 1. The van der Waals surface area contributed by atoms with Gasteiger partial charge in [-0.25, -0.2) is 9.18 Å². The third-order valence-electron chi connectivity index (χ3n) is 2.25. The van der Waals surface area contributed by atoms with Gasteiger partial charge in [-0.15, -0.1) is 11.8 Å². The van der Waals surface area contributed by atoms with Crippen molar-refractivity contribution in [1.29, 1.82) is 0 Å². The summed E-state index contributed by atoms with van der Waals surface area (Å²) >= 11 is 1.05. The summed E-state index contributed by atoms with van der Waals surface area (Å²) in [6.07, 6.45) is 0. The first-order valence-corrected chi connectivity index (χ1v) is 6.36. The van der Waals surface area contributed by atoms with Gasteiger partial charge in [0, 0.05) is 4.90 Å². The largest absolute Gasteiger partial charge is 0.478 e. The summed E-state index contributed by atoms with van der Waals surface area (Å²) < 4.78 is 13.6. The highest BCUT2D eigenvalue weighted by Crippen LogP contribution is 2.25. The molecule has 0 aliphatic rings. The highest BCUT2D eigenvalue weighted by molar-refractivity contribution is 7.98. The summed E-state index contributed by atoms with van der Waals surface area (Å²) in [5.74, 6) is -1.20. The number of carboxylic acid groups (broad SMARTS) is 1. The lowest BCUT2D eigenvalue weighted by molar-refractivity contribution is 0.0696. The van der Waals surface area contributed by atoms with E-state index in [-0.39, 0.29) is 28.1 Å². The summed E-state index contributed by atoms with van der Waals surface area (Å²) in [6, 6.07) is 3.54. The minimum absolute atomic E-state index is 0.00331. The van der Waals surface area contributed by atoms with E-state index in [1.54, 1.807) is 0 Å². The minimum Gasteiger partial charge on any atom is -0.478 e. The van der Waals surface area contributed by atoms with Crippen molar-refractivity contribution < 1.29 is 14.3 Å². The Kier molecular flexibility index (Phi) is 3.99. The van der Waals surface area contributed by atoms with Gasteiger partial charge in [0.25, 0.3) is 0 Å². The number of thioether (sulfide) groups is 1. The number of benzene rings is 1. The topological polar surface area (TPSA) is 128 Å². The van der Waals surface area contributed by atoms with Crippen molar-refractivity contribution in [3.8, 4) is 0 Å². The Hall–Kier alpha value is -2.42. The molecule has 0 radical (unpaired) electrons. The van der Waals surface area contributed by atoms with Crippen LogP contribution in [0.2, 0.25) is 0 Å². The van der Waals surface area contributed by atoms with Gasteiger partial charge in [-0.05, 0) is 18.2 Å². The first kappa shape index (κ1) is 14.0. The maximum atomic E-state index is 13.6.